The highest BCUT2D eigenvalue weighted by Gasteiger charge is 2.34. The number of nitrogens with one attached hydrogen (secondary N) is 1. The first-order valence-corrected chi connectivity index (χ1v) is 14.5. The van der Waals surface area contributed by atoms with E-state index in [1.165, 1.54) is 12.1 Å². The summed E-state index contributed by atoms with van der Waals surface area (Å²) in [5.74, 6) is 0.220. The van der Waals surface area contributed by atoms with Crippen LogP contribution in [0.5, 0.6) is 0 Å². The summed E-state index contributed by atoms with van der Waals surface area (Å²) in [6.07, 6.45) is -6.66. The van der Waals surface area contributed by atoms with E-state index in [4.69, 9.17) is 26.0 Å². The van der Waals surface area contributed by atoms with Crippen LogP contribution in [0.3, 0.4) is 0 Å². The highest BCUT2D eigenvalue weighted by molar-refractivity contribution is 6.36. The number of halogens is 7. The molecule has 3 aromatic rings. The Kier molecular flexibility index (Phi) is 9.34. The molecule has 0 bridgehead atoms. The molecule has 1 N–H and O–H groups in total. The van der Waals surface area contributed by atoms with E-state index in [2.05, 4.69) is 5.32 Å². The van der Waals surface area contributed by atoms with E-state index in [1.54, 1.807) is 11.0 Å². The lowest BCUT2D eigenvalue weighted by atomic mass is 9.92. The quantitative estimate of drug-likeness (QED) is 0.278. The van der Waals surface area contributed by atoms with Gasteiger partial charge in [-0.1, -0.05) is 11.6 Å². The van der Waals surface area contributed by atoms with Gasteiger partial charge in [0.05, 0.1) is 40.4 Å². The lowest BCUT2D eigenvalue weighted by Gasteiger charge is -2.35. The number of piperazine rings is 1. The van der Waals surface area contributed by atoms with Crippen molar-refractivity contribution in [2.75, 3.05) is 38.1 Å². The van der Waals surface area contributed by atoms with Crippen molar-refractivity contribution in [3.63, 3.8) is 0 Å². The number of carbonyl (C=O) groups excluding carboxylic acids is 1. The predicted molar refractivity (Wildman–Crippen MR) is 150 cm³/mol. The number of amides is 1. The van der Waals surface area contributed by atoms with Crippen LogP contribution in [0, 0.1) is 11.3 Å². The number of ether oxygens (including phenoxy) is 1. The fourth-order valence-electron chi connectivity index (χ4n) is 5.61. The van der Waals surface area contributed by atoms with E-state index in [-0.39, 0.29) is 40.7 Å². The topological polar surface area (TPSA) is 81.7 Å². The molecule has 0 spiro atoms. The van der Waals surface area contributed by atoms with Gasteiger partial charge in [0.2, 0.25) is 5.91 Å². The van der Waals surface area contributed by atoms with Crippen molar-refractivity contribution < 1.29 is 40.3 Å². The smallest absolute Gasteiger partial charge is 0.417 e. The van der Waals surface area contributed by atoms with Gasteiger partial charge in [-0.25, -0.2) is 0 Å². The van der Waals surface area contributed by atoms with Gasteiger partial charge in [0.15, 0.2) is 0 Å². The molecule has 2 fully saturated rings. The summed E-state index contributed by atoms with van der Waals surface area (Å²) in [5.41, 5.74) is -1.62. The fraction of sp³-hybridized carbons (Fsp3) is 0.467. The molecule has 14 heteroatoms. The average Bonchev–Trinajstić information content (AvgIpc) is 3.30. The largest absolute Gasteiger partial charge is 0.458 e. The van der Waals surface area contributed by atoms with Gasteiger partial charge in [0, 0.05) is 43.3 Å². The van der Waals surface area contributed by atoms with Crippen molar-refractivity contribution in [2.45, 2.75) is 56.7 Å². The Morgan fingerprint density at radius 1 is 1.00 bits per heavy atom. The van der Waals surface area contributed by atoms with E-state index >= 15 is 0 Å². The molecule has 2 heterocycles. The van der Waals surface area contributed by atoms with Crippen LogP contribution in [0.25, 0.3) is 11.0 Å². The van der Waals surface area contributed by atoms with E-state index in [9.17, 15) is 31.1 Å². The summed E-state index contributed by atoms with van der Waals surface area (Å²) >= 11 is 6.35. The first-order valence-electron chi connectivity index (χ1n) is 14.1. The number of furan rings is 1. The maximum Gasteiger partial charge on any atom is 0.417 e. The normalized spacial score (nSPS) is 20.1. The van der Waals surface area contributed by atoms with Gasteiger partial charge in [-0.3, -0.25) is 9.69 Å². The Hall–Kier alpha value is -3.47. The molecule has 0 atom stereocenters. The highest BCUT2D eigenvalue weighted by atomic mass is 35.5. The van der Waals surface area contributed by atoms with Crippen LogP contribution in [0.15, 0.2) is 40.8 Å². The Bertz CT molecular complexity index is 1530. The first-order chi connectivity index (χ1) is 20.8. The number of hydrogen-bond donors (Lipinski definition) is 1. The number of carbonyl (C=O) groups is 1. The molecule has 5 rings (SSSR count). The fourth-order valence-corrected chi connectivity index (χ4v) is 5.86. The van der Waals surface area contributed by atoms with Gasteiger partial charge >= 0.3 is 12.4 Å². The molecule has 2 aliphatic rings. The van der Waals surface area contributed by atoms with Gasteiger partial charge in [-0.2, -0.15) is 31.6 Å². The third kappa shape index (κ3) is 7.42. The minimum atomic E-state index is -4.62. The van der Waals surface area contributed by atoms with Crippen molar-refractivity contribution in [2.24, 2.45) is 0 Å². The van der Waals surface area contributed by atoms with Gasteiger partial charge in [0.25, 0.3) is 0 Å². The number of rotatable bonds is 7. The Balaban J connectivity index is 1.05. The number of fused-ring (bicyclic) bond motifs is 1. The van der Waals surface area contributed by atoms with Crippen LogP contribution in [-0.2, 0) is 28.4 Å². The number of nitrogens with zero attached hydrogens (tertiary/aromatic N) is 3. The molecule has 1 amide bonds. The number of benzene rings is 2. The Morgan fingerprint density at radius 3 is 2.34 bits per heavy atom. The van der Waals surface area contributed by atoms with E-state index < -0.39 is 29.0 Å². The lowest BCUT2D eigenvalue weighted by Crippen LogP contribution is -2.49. The van der Waals surface area contributed by atoms with Gasteiger partial charge in [-0.15, -0.1) is 0 Å². The second-order valence-electron chi connectivity index (χ2n) is 11.0. The second-order valence-corrected chi connectivity index (χ2v) is 11.4. The van der Waals surface area contributed by atoms with Crippen molar-refractivity contribution in [3.05, 3.63) is 63.9 Å². The van der Waals surface area contributed by atoms with Crippen molar-refractivity contribution in [1.29, 1.82) is 5.26 Å². The third-order valence-corrected chi connectivity index (χ3v) is 8.46. The predicted octanol–water partition coefficient (Wildman–Crippen LogP) is 7.08. The number of alkyl halides is 6. The summed E-state index contributed by atoms with van der Waals surface area (Å²) in [6, 6.07) is 8.29. The summed E-state index contributed by atoms with van der Waals surface area (Å²) in [7, 11) is 0. The summed E-state index contributed by atoms with van der Waals surface area (Å²) in [6.45, 7) is 2.15. The maximum atomic E-state index is 13.3. The molecular formula is C30H29ClF6N4O3. The molecule has 0 radical (unpaired) electrons. The number of nitriles is 1. The number of anilines is 1. The first kappa shape index (κ1) is 31.9. The Labute approximate surface area is 254 Å². The molecule has 1 aromatic heterocycles. The molecule has 7 nitrogen and oxygen atoms in total. The summed E-state index contributed by atoms with van der Waals surface area (Å²) < 4.78 is 90.6. The minimum absolute atomic E-state index is 0.0559. The molecule has 1 aliphatic carbocycles. The molecule has 44 heavy (non-hydrogen) atoms. The zero-order chi connectivity index (χ0) is 31.6. The zero-order valence-electron chi connectivity index (χ0n) is 23.4. The molecule has 2 aromatic carbocycles. The van der Waals surface area contributed by atoms with E-state index in [0.717, 1.165) is 24.3 Å². The second kappa shape index (κ2) is 12.9. The Morgan fingerprint density at radius 2 is 1.70 bits per heavy atom. The highest BCUT2D eigenvalue weighted by Crippen LogP contribution is 2.37. The summed E-state index contributed by atoms with van der Waals surface area (Å²) in [4.78, 5) is 16.5. The zero-order valence-corrected chi connectivity index (χ0v) is 24.2. The van der Waals surface area contributed by atoms with E-state index in [1.807, 2.05) is 4.90 Å². The molecule has 0 unspecified atom stereocenters. The van der Waals surface area contributed by atoms with Crippen LogP contribution in [0.1, 0.15) is 48.1 Å². The van der Waals surface area contributed by atoms with Crippen molar-refractivity contribution in [3.8, 4) is 6.07 Å². The summed E-state index contributed by atoms with van der Waals surface area (Å²) in [5, 5.41) is 12.4. The van der Waals surface area contributed by atoms with Crippen LogP contribution in [-0.4, -0.2) is 60.6 Å². The van der Waals surface area contributed by atoms with Gasteiger partial charge < -0.3 is 19.4 Å². The van der Waals surface area contributed by atoms with Crippen LogP contribution in [0.2, 0.25) is 5.02 Å². The van der Waals surface area contributed by atoms with Crippen molar-refractivity contribution >= 4 is 34.2 Å². The lowest BCUT2D eigenvalue weighted by molar-refractivity contribution is -0.141. The van der Waals surface area contributed by atoms with Crippen molar-refractivity contribution in [1.82, 2.24) is 9.80 Å². The maximum absolute atomic E-state index is 13.3. The van der Waals surface area contributed by atoms with Gasteiger partial charge in [-0.05, 0) is 62.1 Å². The molecule has 236 valence electrons. The molecule has 1 saturated carbocycles. The van der Waals surface area contributed by atoms with Crippen LogP contribution in [0.4, 0.5) is 32.0 Å². The standard InChI is InChI=1S/C30H29ClF6N4O3/c31-28-23-13-19(29(32,33)34)2-8-25(23)44-26(28)16-40-9-11-41(12-10-40)27(42)17-43-22-6-4-20(5-7-22)39-21-3-1-18(15-38)24(14-21)30(35,36)37/h1-3,8,13-14,20,22,39H,4-7,9-12,16-17H2. The van der Waals surface area contributed by atoms with Crippen LogP contribution >= 0.6 is 11.6 Å². The SMILES string of the molecule is N#Cc1ccc(NC2CCC(OCC(=O)N3CCN(Cc4oc5ccc(C(F)(F)F)cc5c4Cl)CC3)CC2)cc1C(F)(F)F. The molecule has 1 saturated heterocycles. The van der Waals surface area contributed by atoms with Gasteiger partial charge in [0.1, 0.15) is 18.0 Å². The monoisotopic (exact) mass is 642 g/mol. The van der Waals surface area contributed by atoms with E-state index in [0.29, 0.717) is 69.9 Å². The number of hydrogen-bond acceptors (Lipinski definition) is 6. The van der Waals surface area contributed by atoms with Crippen LogP contribution < -0.4 is 5.32 Å². The average molecular weight is 643 g/mol. The molecular weight excluding hydrogens is 614 g/mol. The molecule has 1 aliphatic heterocycles. The minimum Gasteiger partial charge on any atom is -0.458 e. The third-order valence-electron chi connectivity index (χ3n) is 8.05.